The number of hydrogen-bond donors (Lipinski definition) is 0. The first-order valence-electron chi connectivity index (χ1n) is 23.1. The van der Waals surface area contributed by atoms with Crippen LogP contribution in [0.1, 0.15) is 91.2 Å². The first-order chi connectivity index (χ1) is 31.1. The zero-order valence-corrected chi connectivity index (χ0v) is 36.3. The molecule has 1 nitrogen and oxygen atoms in total. The van der Waals surface area contributed by atoms with Crippen LogP contribution in [0.25, 0.3) is 44.2 Å². The highest BCUT2D eigenvalue weighted by atomic mass is 15.1. The molecule has 0 saturated heterocycles. The molecule has 0 spiro atoms. The smallest absolute Gasteiger partial charge is 0.0714 e. The molecule has 306 valence electrons. The van der Waals surface area contributed by atoms with Gasteiger partial charge in [0.2, 0.25) is 0 Å². The van der Waals surface area contributed by atoms with Gasteiger partial charge in [-0.15, -0.1) is 0 Å². The third-order valence-electron chi connectivity index (χ3n) is 14.1. The minimum atomic E-state index is -0.502. The van der Waals surface area contributed by atoms with Crippen LogP contribution in [0, 0.1) is 0 Å². The van der Waals surface area contributed by atoms with Gasteiger partial charge in [-0.1, -0.05) is 197 Å². The van der Waals surface area contributed by atoms with E-state index in [1.165, 1.54) is 115 Å². The van der Waals surface area contributed by atoms with Gasteiger partial charge in [-0.2, -0.15) is 0 Å². The molecule has 9 aromatic rings. The Morgan fingerprint density at radius 1 is 0.429 bits per heavy atom. The van der Waals surface area contributed by atoms with Crippen LogP contribution in [-0.4, -0.2) is 0 Å². The second-order valence-electron chi connectivity index (χ2n) is 18.1. The van der Waals surface area contributed by atoms with E-state index in [4.69, 9.17) is 0 Å². The quantitative estimate of drug-likeness (QED) is 0.140. The molecule has 1 saturated carbocycles. The van der Waals surface area contributed by atoms with Crippen LogP contribution in [0.3, 0.4) is 0 Å². The van der Waals surface area contributed by atoms with E-state index in [1.807, 2.05) is 0 Å². The standard InChI is InChI=1S/C62H53N/c1-43(2)55-28-17-29-59-61(55)56-39-38-54(42-60(56)62(59,50-24-11-5-12-25-50)51-26-13-6-14-27-51)63(52-34-30-45(31-35-52)44-18-7-3-8-19-44)53-36-32-47(33-37-53)58-41-49-23-16-15-22-48(49)40-57(58)46-20-9-4-10-21-46/h4-6,9-17,20-44H,3,7-8,18-19H2,1-2H3. The van der Waals surface area contributed by atoms with Crippen molar-refractivity contribution in [1.82, 2.24) is 0 Å². The van der Waals surface area contributed by atoms with Gasteiger partial charge in [-0.05, 0) is 151 Å². The Bertz CT molecular complexity index is 2990. The number of anilines is 3. The minimum absolute atomic E-state index is 0.373. The summed E-state index contributed by atoms with van der Waals surface area (Å²) in [5.74, 6) is 1.02. The Morgan fingerprint density at radius 2 is 0.952 bits per heavy atom. The summed E-state index contributed by atoms with van der Waals surface area (Å²) in [6.07, 6.45) is 6.59. The largest absolute Gasteiger partial charge is 0.310 e. The monoisotopic (exact) mass is 811 g/mol. The second-order valence-corrected chi connectivity index (χ2v) is 18.1. The maximum atomic E-state index is 2.51. The SMILES string of the molecule is CC(C)c1cccc2c1-c1ccc(N(c3ccc(-c4cc5ccccc5cc4-c4ccccc4)cc3)c3ccc(C4CCCCC4)cc3)cc1C2(c1ccccc1)c1ccccc1. The molecule has 0 atom stereocenters. The topological polar surface area (TPSA) is 3.24 Å². The second kappa shape index (κ2) is 16.4. The maximum Gasteiger partial charge on any atom is 0.0714 e. The van der Waals surface area contributed by atoms with Crippen molar-refractivity contribution >= 4 is 27.8 Å². The van der Waals surface area contributed by atoms with E-state index < -0.39 is 5.41 Å². The first-order valence-corrected chi connectivity index (χ1v) is 23.1. The van der Waals surface area contributed by atoms with E-state index in [2.05, 4.69) is 231 Å². The minimum Gasteiger partial charge on any atom is -0.310 e. The zero-order valence-electron chi connectivity index (χ0n) is 36.3. The Balaban J connectivity index is 1.11. The predicted octanol–water partition coefficient (Wildman–Crippen LogP) is 17.2. The fourth-order valence-electron chi connectivity index (χ4n) is 11.1. The molecule has 0 heterocycles. The summed E-state index contributed by atoms with van der Waals surface area (Å²) >= 11 is 0. The maximum absolute atomic E-state index is 2.51. The van der Waals surface area contributed by atoms with Crippen molar-refractivity contribution in [3.05, 3.63) is 246 Å². The highest BCUT2D eigenvalue weighted by molar-refractivity contribution is 5.97. The summed E-state index contributed by atoms with van der Waals surface area (Å²) in [6.45, 7) is 4.66. The summed E-state index contributed by atoms with van der Waals surface area (Å²) in [6, 6.07) is 79.8. The van der Waals surface area contributed by atoms with Crippen molar-refractivity contribution in [2.45, 2.75) is 63.2 Å². The van der Waals surface area contributed by atoms with E-state index in [1.54, 1.807) is 0 Å². The first kappa shape index (κ1) is 38.9. The molecule has 9 aromatic carbocycles. The van der Waals surface area contributed by atoms with Crippen molar-refractivity contribution in [2.24, 2.45) is 0 Å². The zero-order chi connectivity index (χ0) is 42.3. The molecule has 2 aliphatic carbocycles. The van der Waals surface area contributed by atoms with E-state index in [9.17, 15) is 0 Å². The molecule has 1 heteroatoms. The molecule has 0 aromatic heterocycles. The van der Waals surface area contributed by atoms with Gasteiger partial charge in [0, 0.05) is 17.1 Å². The number of hydrogen-bond acceptors (Lipinski definition) is 1. The molecule has 11 rings (SSSR count). The van der Waals surface area contributed by atoms with Gasteiger partial charge in [0.15, 0.2) is 0 Å². The van der Waals surface area contributed by atoms with Gasteiger partial charge in [-0.25, -0.2) is 0 Å². The van der Waals surface area contributed by atoms with E-state index in [0.29, 0.717) is 11.8 Å². The van der Waals surface area contributed by atoms with Gasteiger partial charge >= 0.3 is 0 Å². The number of fused-ring (bicyclic) bond motifs is 4. The summed E-state index contributed by atoms with van der Waals surface area (Å²) < 4.78 is 0. The lowest BCUT2D eigenvalue weighted by atomic mass is 9.67. The Kier molecular flexibility index (Phi) is 10.1. The summed E-state index contributed by atoms with van der Waals surface area (Å²) in [5, 5.41) is 2.50. The molecule has 2 aliphatic rings. The average Bonchev–Trinajstić information content (AvgIpc) is 3.66. The highest BCUT2D eigenvalue weighted by Crippen LogP contribution is 2.59. The highest BCUT2D eigenvalue weighted by Gasteiger charge is 2.47. The van der Waals surface area contributed by atoms with Gasteiger partial charge in [0.25, 0.3) is 0 Å². The third kappa shape index (κ3) is 6.79. The molecular weight excluding hydrogens is 759 g/mol. The fourth-order valence-corrected chi connectivity index (χ4v) is 11.1. The third-order valence-corrected chi connectivity index (χ3v) is 14.1. The van der Waals surface area contributed by atoms with Gasteiger partial charge < -0.3 is 4.90 Å². The number of benzene rings is 9. The fraction of sp³-hybridized carbons (Fsp3) is 0.161. The number of nitrogens with zero attached hydrogens (tertiary/aromatic N) is 1. The molecular formula is C62H53N. The normalized spacial score (nSPS) is 14.4. The molecule has 0 unspecified atom stereocenters. The molecule has 0 aliphatic heterocycles. The molecule has 0 radical (unpaired) electrons. The van der Waals surface area contributed by atoms with Gasteiger partial charge in [-0.3, -0.25) is 0 Å². The Hall–Kier alpha value is -6.96. The lowest BCUT2D eigenvalue weighted by Crippen LogP contribution is -2.28. The van der Waals surface area contributed by atoms with E-state index in [-0.39, 0.29) is 0 Å². The molecule has 0 bridgehead atoms. The van der Waals surface area contributed by atoms with Crippen LogP contribution in [0.4, 0.5) is 17.1 Å². The van der Waals surface area contributed by atoms with Crippen molar-refractivity contribution in [3.63, 3.8) is 0 Å². The van der Waals surface area contributed by atoms with Crippen molar-refractivity contribution < 1.29 is 0 Å². The van der Waals surface area contributed by atoms with Crippen molar-refractivity contribution in [3.8, 4) is 33.4 Å². The van der Waals surface area contributed by atoms with Gasteiger partial charge in [0.05, 0.1) is 5.41 Å². The predicted molar refractivity (Wildman–Crippen MR) is 267 cm³/mol. The molecule has 0 N–H and O–H groups in total. The van der Waals surface area contributed by atoms with Gasteiger partial charge in [0.1, 0.15) is 0 Å². The summed E-state index contributed by atoms with van der Waals surface area (Å²) in [7, 11) is 0. The lowest BCUT2D eigenvalue weighted by molar-refractivity contribution is 0.443. The number of rotatable bonds is 9. The average molecular weight is 812 g/mol. The molecule has 1 fully saturated rings. The van der Waals surface area contributed by atoms with Crippen molar-refractivity contribution in [2.75, 3.05) is 4.90 Å². The molecule has 0 amide bonds. The van der Waals surface area contributed by atoms with Crippen LogP contribution in [0.15, 0.2) is 212 Å². The van der Waals surface area contributed by atoms with Crippen LogP contribution in [0.5, 0.6) is 0 Å². The lowest BCUT2D eigenvalue weighted by Gasteiger charge is -2.35. The van der Waals surface area contributed by atoms with Crippen LogP contribution in [-0.2, 0) is 5.41 Å². The molecule has 63 heavy (non-hydrogen) atoms. The van der Waals surface area contributed by atoms with E-state index in [0.717, 1.165) is 11.4 Å². The van der Waals surface area contributed by atoms with Crippen LogP contribution >= 0.6 is 0 Å². The summed E-state index contributed by atoms with van der Waals surface area (Å²) in [5.41, 5.74) is 18.7. The van der Waals surface area contributed by atoms with E-state index >= 15 is 0 Å². The Morgan fingerprint density at radius 3 is 1.54 bits per heavy atom. The van der Waals surface area contributed by atoms with Crippen LogP contribution in [0.2, 0.25) is 0 Å². The van der Waals surface area contributed by atoms with Crippen LogP contribution < -0.4 is 4.90 Å². The Labute approximate surface area is 373 Å². The van der Waals surface area contributed by atoms with Crippen molar-refractivity contribution in [1.29, 1.82) is 0 Å². The summed E-state index contributed by atoms with van der Waals surface area (Å²) in [4.78, 5) is 2.49.